The van der Waals surface area contributed by atoms with Crippen molar-refractivity contribution in [3.63, 3.8) is 0 Å². The predicted octanol–water partition coefficient (Wildman–Crippen LogP) is 23.3. The summed E-state index contributed by atoms with van der Waals surface area (Å²) in [7, 11) is 0. The Balaban J connectivity index is 4.47. The normalized spacial score (nSPS) is 13.0. The molecule has 81 heavy (non-hydrogen) atoms. The Bertz CT molecular complexity index is 1720. The summed E-state index contributed by atoms with van der Waals surface area (Å²) in [6.45, 7) is 6.40. The fourth-order valence-corrected chi connectivity index (χ4v) is 9.18. The summed E-state index contributed by atoms with van der Waals surface area (Å²) in [5, 5.41) is 0. The molecule has 0 radical (unpaired) electrons. The van der Waals surface area contributed by atoms with E-state index < -0.39 is 6.10 Å². The number of allylic oxidation sites excluding steroid dienone is 22. The lowest BCUT2D eigenvalue weighted by Crippen LogP contribution is -2.30. The van der Waals surface area contributed by atoms with Crippen LogP contribution < -0.4 is 0 Å². The molecule has 6 heteroatoms. The second-order valence-electron chi connectivity index (χ2n) is 22.0. The average Bonchev–Trinajstić information content (AvgIpc) is 3.47. The minimum atomic E-state index is -0.807. The molecule has 0 aliphatic heterocycles. The first kappa shape index (κ1) is 76.5. The molecule has 0 spiro atoms. The van der Waals surface area contributed by atoms with Crippen LogP contribution in [0.5, 0.6) is 0 Å². The summed E-state index contributed by atoms with van der Waals surface area (Å²) in [5.41, 5.74) is 0. The monoisotopic (exact) mass is 1120 g/mol. The van der Waals surface area contributed by atoms with Gasteiger partial charge in [0.1, 0.15) is 13.2 Å². The molecule has 0 aliphatic carbocycles. The van der Waals surface area contributed by atoms with Gasteiger partial charge in [0.2, 0.25) is 0 Å². The smallest absolute Gasteiger partial charge is 0.306 e. The minimum absolute atomic E-state index is 0.0976. The molecule has 0 saturated heterocycles. The first-order valence-corrected chi connectivity index (χ1v) is 33.7. The van der Waals surface area contributed by atoms with Crippen molar-refractivity contribution in [3.8, 4) is 0 Å². The minimum Gasteiger partial charge on any atom is -0.462 e. The van der Waals surface area contributed by atoms with Crippen molar-refractivity contribution < 1.29 is 28.6 Å². The van der Waals surface area contributed by atoms with E-state index in [4.69, 9.17) is 14.2 Å². The van der Waals surface area contributed by atoms with Crippen LogP contribution in [0.4, 0.5) is 0 Å². The Morgan fingerprint density at radius 2 is 0.481 bits per heavy atom. The molecule has 0 amide bonds. The number of carbonyl (C=O) groups excluding carboxylic acids is 3. The highest BCUT2D eigenvalue weighted by molar-refractivity contribution is 5.71. The third-order valence-corrected chi connectivity index (χ3v) is 14.2. The van der Waals surface area contributed by atoms with E-state index in [1.807, 2.05) is 0 Å². The highest BCUT2D eigenvalue weighted by Gasteiger charge is 2.19. The number of unbranched alkanes of at least 4 members (excludes halogenated alkanes) is 27. The summed E-state index contributed by atoms with van der Waals surface area (Å²) >= 11 is 0. The zero-order valence-corrected chi connectivity index (χ0v) is 52.8. The van der Waals surface area contributed by atoms with Crippen LogP contribution in [0.1, 0.15) is 303 Å². The Morgan fingerprint density at radius 1 is 0.259 bits per heavy atom. The van der Waals surface area contributed by atoms with Crippen molar-refractivity contribution in [2.45, 2.75) is 309 Å². The van der Waals surface area contributed by atoms with Crippen LogP contribution in [-0.4, -0.2) is 37.2 Å². The lowest BCUT2D eigenvalue weighted by Gasteiger charge is -2.18. The quantitative estimate of drug-likeness (QED) is 0.0261. The van der Waals surface area contributed by atoms with E-state index >= 15 is 0 Å². The van der Waals surface area contributed by atoms with Crippen LogP contribution in [0.15, 0.2) is 134 Å². The molecular weight excluding hydrogens is 997 g/mol. The van der Waals surface area contributed by atoms with Gasteiger partial charge in [0, 0.05) is 19.3 Å². The lowest BCUT2D eigenvalue weighted by molar-refractivity contribution is -0.167. The third kappa shape index (κ3) is 66.2. The van der Waals surface area contributed by atoms with E-state index in [0.717, 1.165) is 148 Å². The number of hydrogen-bond donors (Lipinski definition) is 0. The van der Waals surface area contributed by atoms with Gasteiger partial charge in [-0.05, 0) is 116 Å². The molecule has 0 aromatic rings. The number of rotatable bonds is 60. The van der Waals surface area contributed by atoms with E-state index in [1.165, 1.54) is 116 Å². The molecule has 460 valence electrons. The van der Waals surface area contributed by atoms with Crippen LogP contribution in [0.25, 0.3) is 0 Å². The highest BCUT2D eigenvalue weighted by Crippen LogP contribution is 2.16. The number of esters is 3. The van der Waals surface area contributed by atoms with Crippen LogP contribution in [0.2, 0.25) is 0 Å². The maximum atomic E-state index is 12.9. The fourth-order valence-electron chi connectivity index (χ4n) is 9.18. The molecule has 0 N–H and O–H groups in total. The Morgan fingerprint density at radius 3 is 0.765 bits per heavy atom. The van der Waals surface area contributed by atoms with Gasteiger partial charge in [-0.2, -0.15) is 0 Å². The second-order valence-corrected chi connectivity index (χ2v) is 22.0. The van der Waals surface area contributed by atoms with Crippen molar-refractivity contribution in [1.29, 1.82) is 0 Å². The van der Waals surface area contributed by atoms with Gasteiger partial charge >= 0.3 is 17.9 Å². The predicted molar refractivity (Wildman–Crippen MR) is 353 cm³/mol. The van der Waals surface area contributed by atoms with Crippen LogP contribution in [0.3, 0.4) is 0 Å². The van der Waals surface area contributed by atoms with Gasteiger partial charge in [-0.3, -0.25) is 14.4 Å². The van der Waals surface area contributed by atoms with Crippen LogP contribution >= 0.6 is 0 Å². The number of carbonyl (C=O) groups is 3. The first-order chi connectivity index (χ1) is 40.0. The SMILES string of the molecule is CC/C=C\C/C=C\C/C=C\C/C=C\C/C=C\C/C=C\CCCCCCCCC(=O)OCC(COC(=O)CCCCCCCCCCCCCCCCCCCCC)OC(=O)CCCCC/C=C\C/C=C\C/C=C\C/C=C\C/C=C\CC. The van der Waals surface area contributed by atoms with Gasteiger partial charge in [-0.25, -0.2) is 0 Å². The molecule has 1 unspecified atom stereocenters. The Labute approximate surface area is 500 Å². The standard InChI is InChI=1S/C75H124O6/c1-4-7-10-13-16-19-22-25-28-31-34-35-36-37-38-39-42-44-47-50-53-56-59-62-65-68-74(77)80-71-72(81-75(78)69-66-63-60-57-54-51-48-45-41-33-30-27-24-21-18-15-12-9-6-3)70-79-73(76)67-64-61-58-55-52-49-46-43-40-32-29-26-23-20-17-14-11-8-5-2/h7,9-10,12,16,18-19,21,25,27-28,30,34-35,37-38,41-42,44-45,51,54,72H,4-6,8,11,13-15,17,20,22-24,26,29,31-33,36,39-40,43,46-50,52-53,55-71H2,1-3H3/b10-7-,12-9-,19-16-,21-18-,28-25-,30-27-,35-34-,38-37-,44-42-,45-41-,54-51-. The zero-order valence-electron chi connectivity index (χ0n) is 52.8. The Kier molecular flexibility index (Phi) is 64.3. The van der Waals surface area contributed by atoms with Crippen molar-refractivity contribution in [3.05, 3.63) is 134 Å². The van der Waals surface area contributed by atoms with Crippen molar-refractivity contribution in [2.24, 2.45) is 0 Å². The van der Waals surface area contributed by atoms with Crippen molar-refractivity contribution in [1.82, 2.24) is 0 Å². The third-order valence-electron chi connectivity index (χ3n) is 14.2. The molecular formula is C75H124O6. The van der Waals surface area contributed by atoms with Gasteiger partial charge in [-0.1, -0.05) is 302 Å². The Hall–Kier alpha value is -4.45. The molecule has 0 bridgehead atoms. The van der Waals surface area contributed by atoms with E-state index in [-0.39, 0.29) is 37.5 Å². The topological polar surface area (TPSA) is 78.9 Å². The van der Waals surface area contributed by atoms with Gasteiger partial charge < -0.3 is 14.2 Å². The molecule has 0 saturated carbocycles. The largest absolute Gasteiger partial charge is 0.462 e. The van der Waals surface area contributed by atoms with E-state index in [2.05, 4.69) is 154 Å². The average molecular weight is 1120 g/mol. The summed E-state index contributed by atoms with van der Waals surface area (Å²) < 4.78 is 16.9. The molecule has 6 nitrogen and oxygen atoms in total. The van der Waals surface area contributed by atoms with E-state index in [1.54, 1.807) is 0 Å². The summed E-state index contributed by atoms with van der Waals surface area (Å²) in [6, 6.07) is 0. The zero-order chi connectivity index (χ0) is 58.5. The van der Waals surface area contributed by atoms with Gasteiger partial charge in [0.25, 0.3) is 0 Å². The molecule has 0 aromatic carbocycles. The van der Waals surface area contributed by atoms with Crippen LogP contribution in [-0.2, 0) is 28.6 Å². The molecule has 0 rings (SSSR count). The van der Waals surface area contributed by atoms with Gasteiger partial charge in [-0.15, -0.1) is 0 Å². The highest BCUT2D eigenvalue weighted by atomic mass is 16.6. The molecule has 1 atom stereocenters. The second kappa shape index (κ2) is 68.1. The molecule has 0 aromatic heterocycles. The van der Waals surface area contributed by atoms with E-state index in [0.29, 0.717) is 12.8 Å². The fraction of sp³-hybridized carbons (Fsp3) is 0.667. The van der Waals surface area contributed by atoms with E-state index in [9.17, 15) is 14.4 Å². The summed E-state index contributed by atoms with van der Waals surface area (Å²) in [4.78, 5) is 38.4. The summed E-state index contributed by atoms with van der Waals surface area (Å²) in [5.74, 6) is -0.938. The van der Waals surface area contributed by atoms with Crippen molar-refractivity contribution in [2.75, 3.05) is 13.2 Å². The number of hydrogen-bond acceptors (Lipinski definition) is 6. The summed E-state index contributed by atoms with van der Waals surface area (Å²) in [6.07, 6.45) is 96.0. The lowest BCUT2D eigenvalue weighted by atomic mass is 10.0. The number of ether oxygens (including phenoxy) is 3. The van der Waals surface area contributed by atoms with Crippen LogP contribution in [0, 0.1) is 0 Å². The maximum Gasteiger partial charge on any atom is 0.306 e. The molecule has 0 fully saturated rings. The van der Waals surface area contributed by atoms with Crippen molar-refractivity contribution >= 4 is 17.9 Å². The van der Waals surface area contributed by atoms with Gasteiger partial charge in [0.15, 0.2) is 6.10 Å². The first-order valence-electron chi connectivity index (χ1n) is 33.7. The maximum absolute atomic E-state index is 12.9. The molecule has 0 aliphatic rings. The molecule has 0 heterocycles. The van der Waals surface area contributed by atoms with Gasteiger partial charge in [0.05, 0.1) is 0 Å².